The van der Waals surface area contributed by atoms with Gasteiger partial charge < -0.3 is 0 Å². The highest BCUT2D eigenvalue weighted by atomic mass is 15.0. The minimum Gasteiger partial charge on any atom is -0.293 e. The van der Waals surface area contributed by atoms with E-state index < -0.39 is 0 Å². The van der Waals surface area contributed by atoms with Crippen LogP contribution in [0.15, 0.2) is 35.6 Å². The van der Waals surface area contributed by atoms with E-state index in [4.69, 9.17) is 0 Å². The number of dihydropyridines is 1. The summed E-state index contributed by atoms with van der Waals surface area (Å²) in [4.78, 5) is 21.5. The van der Waals surface area contributed by atoms with Gasteiger partial charge in [0.2, 0.25) is 0 Å². The molecule has 3 heterocycles. The third kappa shape index (κ3) is 2.54. The SMILES string of the molecule is Cc1nc(C2=CC=NCC2)nc(-c2ccncc2)n1. The van der Waals surface area contributed by atoms with E-state index in [-0.39, 0.29) is 0 Å². The normalized spacial score (nSPS) is 14.3. The fraction of sp³-hybridized carbons (Fsp3) is 0.214. The second kappa shape index (κ2) is 5.06. The van der Waals surface area contributed by atoms with Crippen molar-refractivity contribution in [3.05, 3.63) is 42.3 Å². The number of allylic oxidation sites excluding steroid dienone is 1. The molecule has 2 aromatic heterocycles. The van der Waals surface area contributed by atoms with Crippen molar-refractivity contribution in [2.75, 3.05) is 6.54 Å². The van der Waals surface area contributed by atoms with E-state index >= 15 is 0 Å². The Bertz CT molecular complexity index is 646. The van der Waals surface area contributed by atoms with Crippen LogP contribution < -0.4 is 0 Å². The zero-order chi connectivity index (χ0) is 13.1. The fourth-order valence-corrected chi connectivity index (χ4v) is 1.93. The molecule has 0 aliphatic carbocycles. The molecule has 0 fully saturated rings. The van der Waals surface area contributed by atoms with Crippen LogP contribution in [0, 0.1) is 6.92 Å². The van der Waals surface area contributed by atoms with Gasteiger partial charge in [-0.25, -0.2) is 15.0 Å². The van der Waals surface area contributed by atoms with Crippen molar-refractivity contribution in [2.45, 2.75) is 13.3 Å². The number of rotatable bonds is 2. The molecule has 0 spiro atoms. The Morgan fingerprint density at radius 2 is 1.79 bits per heavy atom. The zero-order valence-electron chi connectivity index (χ0n) is 10.6. The highest BCUT2D eigenvalue weighted by Crippen LogP contribution is 2.19. The van der Waals surface area contributed by atoms with Gasteiger partial charge in [-0.3, -0.25) is 9.98 Å². The summed E-state index contributed by atoms with van der Waals surface area (Å²) in [5, 5.41) is 0. The maximum absolute atomic E-state index is 4.55. The minimum atomic E-state index is 0.688. The van der Waals surface area contributed by atoms with Gasteiger partial charge in [0, 0.05) is 36.3 Å². The van der Waals surface area contributed by atoms with E-state index in [1.54, 1.807) is 12.4 Å². The molecule has 0 aromatic carbocycles. The zero-order valence-corrected chi connectivity index (χ0v) is 10.6. The quantitative estimate of drug-likeness (QED) is 0.820. The first-order valence-corrected chi connectivity index (χ1v) is 6.15. The lowest BCUT2D eigenvalue weighted by Gasteiger charge is -2.09. The predicted molar refractivity (Wildman–Crippen MR) is 73.7 cm³/mol. The van der Waals surface area contributed by atoms with E-state index in [1.807, 2.05) is 31.3 Å². The summed E-state index contributed by atoms with van der Waals surface area (Å²) in [6.45, 7) is 2.68. The monoisotopic (exact) mass is 251 g/mol. The molecule has 0 unspecified atom stereocenters. The Morgan fingerprint density at radius 3 is 2.53 bits per heavy atom. The van der Waals surface area contributed by atoms with Crippen LogP contribution in [0.4, 0.5) is 0 Å². The number of nitrogens with zero attached hydrogens (tertiary/aromatic N) is 5. The molecule has 1 aliphatic heterocycles. The maximum atomic E-state index is 4.55. The van der Waals surface area contributed by atoms with Gasteiger partial charge in [0.25, 0.3) is 0 Å². The molecule has 0 amide bonds. The second-order valence-corrected chi connectivity index (χ2v) is 4.26. The summed E-state index contributed by atoms with van der Waals surface area (Å²) in [6, 6.07) is 3.80. The van der Waals surface area contributed by atoms with Gasteiger partial charge in [0.15, 0.2) is 11.6 Å². The molecular weight excluding hydrogens is 238 g/mol. The van der Waals surface area contributed by atoms with Gasteiger partial charge in [0.1, 0.15) is 5.82 Å². The number of hydrogen-bond acceptors (Lipinski definition) is 5. The highest BCUT2D eigenvalue weighted by molar-refractivity contribution is 5.84. The molecule has 19 heavy (non-hydrogen) atoms. The van der Waals surface area contributed by atoms with E-state index in [0.29, 0.717) is 5.82 Å². The molecule has 5 heteroatoms. The van der Waals surface area contributed by atoms with Crippen molar-refractivity contribution in [3.63, 3.8) is 0 Å². The van der Waals surface area contributed by atoms with Crippen molar-refractivity contribution >= 4 is 11.8 Å². The number of aryl methyl sites for hydroxylation is 1. The molecule has 0 atom stereocenters. The third-order valence-corrected chi connectivity index (χ3v) is 2.86. The number of hydrogen-bond donors (Lipinski definition) is 0. The predicted octanol–water partition coefficient (Wildman–Crippen LogP) is 2.10. The molecule has 2 aromatic rings. The van der Waals surface area contributed by atoms with Gasteiger partial charge in [-0.15, -0.1) is 0 Å². The van der Waals surface area contributed by atoms with Crippen molar-refractivity contribution in [1.29, 1.82) is 0 Å². The summed E-state index contributed by atoms with van der Waals surface area (Å²) in [5.74, 6) is 2.15. The largest absolute Gasteiger partial charge is 0.293 e. The fourth-order valence-electron chi connectivity index (χ4n) is 1.93. The summed E-state index contributed by atoms with van der Waals surface area (Å²) in [7, 11) is 0. The van der Waals surface area contributed by atoms with Crippen molar-refractivity contribution in [1.82, 2.24) is 19.9 Å². The Kier molecular flexibility index (Phi) is 3.10. The van der Waals surface area contributed by atoms with Crippen molar-refractivity contribution in [3.8, 4) is 11.4 Å². The van der Waals surface area contributed by atoms with Crippen LogP contribution in [0.25, 0.3) is 17.0 Å². The first-order chi connectivity index (χ1) is 9.33. The standard InChI is InChI=1S/C14H13N5/c1-10-17-13(11-2-6-15-7-3-11)19-14(18-10)12-4-8-16-9-5-12/h2-4,6-8H,5,9H2,1H3. The van der Waals surface area contributed by atoms with Gasteiger partial charge in [0.05, 0.1) is 0 Å². The van der Waals surface area contributed by atoms with Crippen LogP contribution in [0.1, 0.15) is 18.1 Å². The molecule has 3 rings (SSSR count). The Labute approximate surface area is 111 Å². The van der Waals surface area contributed by atoms with Crippen LogP contribution >= 0.6 is 0 Å². The van der Waals surface area contributed by atoms with Crippen molar-refractivity contribution < 1.29 is 0 Å². The van der Waals surface area contributed by atoms with Gasteiger partial charge in [-0.05, 0) is 31.6 Å². The average Bonchev–Trinajstić information content (AvgIpc) is 2.48. The number of pyridine rings is 1. The van der Waals surface area contributed by atoms with Crippen molar-refractivity contribution in [2.24, 2.45) is 4.99 Å². The van der Waals surface area contributed by atoms with Crippen LogP contribution in [-0.4, -0.2) is 32.7 Å². The molecule has 0 N–H and O–H groups in total. The Hall–Kier alpha value is -2.43. The summed E-state index contributed by atoms with van der Waals surface area (Å²) >= 11 is 0. The molecule has 0 radical (unpaired) electrons. The van der Waals surface area contributed by atoms with Crippen LogP contribution in [-0.2, 0) is 0 Å². The number of aromatic nitrogens is 4. The molecule has 94 valence electrons. The van der Waals surface area contributed by atoms with E-state index in [1.165, 1.54) is 0 Å². The number of aliphatic imine (C=N–C) groups is 1. The average molecular weight is 251 g/mol. The third-order valence-electron chi connectivity index (χ3n) is 2.86. The molecule has 0 bridgehead atoms. The summed E-state index contributed by atoms with van der Waals surface area (Å²) in [5.41, 5.74) is 2.06. The lowest BCUT2D eigenvalue weighted by atomic mass is 10.1. The first kappa shape index (κ1) is 11.6. The Balaban J connectivity index is 2.06. The van der Waals surface area contributed by atoms with Crippen LogP contribution in [0.5, 0.6) is 0 Å². The molecule has 0 saturated carbocycles. The topological polar surface area (TPSA) is 63.9 Å². The van der Waals surface area contributed by atoms with Gasteiger partial charge in [-0.2, -0.15) is 0 Å². The molecule has 5 nitrogen and oxygen atoms in total. The van der Waals surface area contributed by atoms with Gasteiger partial charge >= 0.3 is 0 Å². The first-order valence-electron chi connectivity index (χ1n) is 6.15. The lowest BCUT2D eigenvalue weighted by molar-refractivity contribution is 0.928. The summed E-state index contributed by atoms with van der Waals surface area (Å²) < 4.78 is 0. The van der Waals surface area contributed by atoms with Crippen LogP contribution in [0.3, 0.4) is 0 Å². The minimum absolute atomic E-state index is 0.688. The lowest BCUT2D eigenvalue weighted by Crippen LogP contribution is -2.05. The molecule has 0 saturated heterocycles. The van der Waals surface area contributed by atoms with Crippen LogP contribution in [0.2, 0.25) is 0 Å². The second-order valence-electron chi connectivity index (χ2n) is 4.26. The summed E-state index contributed by atoms with van der Waals surface area (Å²) in [6.07, 6.45) is 8.12. The Morgan fingerprint density at radius 1 is 1.00 bits per heavy atom. The van der Waals surface area contributed by atoms with Gasteiger partial charge in [-0.1, -0.05) is 0 Å². The van der Waals surface area contributed by atoms with E-state index in [2.05, 4.69) is 24.9 Å². The molecule has 1 aliphatic rings. The smallest absolute Gasteiger partial charge is 0.163 e. The highest BCUT2D eigenvalue weighted by Gasteiger charge is 2.11. The molecular formula is C14H13N5. The van der Waals surface area contributed by atoms with E-state index in [9.17, 15) is 0 Å². The van der Waals surface area contributed by atoms with E-state index in [0.717, 1.165) is 35.8 Å². The maximum Gasteiger partial charge on any atom is 0.163 e.